The molecule has 1 aliphatic rings. The average Bonchev–Trinajstić information content (AvgIpc) is 1.55. The Morgan fingerprint density at radius 2 is 0.524 bits per heavy atom. The Bertz CT molecular complexity index is 7990. The molecule has 124 heavy (non-hydrogen) atoms. The number of hydrogen-bond donors (Lipinski definition) is 0. The smallest absolute Gasteiger partial charge is 0.399 e. The molecule has 6 aromatic heterocycles. The molecule has 7 heterocycles. The molecule has 0 amide bonds. The van der Waals surface area contributed by atoms with Gasteiger partial charge in [0.25, 0.3) is 0 Å². The van der Waals surface area contributed by atoms with Gasteiger partial charge in [0.2, 0.25) is 0 Å². The first kappa shape index (κ1) is 75.1. The second-order valence-electron chi connectivity index (χ2n) is 33.4. The molecule has 0 atom stereocenters. The van der Waals surface area contributed by atoms with Crippen LogP contribution in [-0.2, 0) is 9.31 Å². The number of aromatic nitrogens is 2. The highest BCUT2D eigenvalue weighted by Gasteiger charge is 2.52. The lowest BCUT2D eigenvalue weighted by Crippen LogP contribution is -2.41. The lowest BCUT2D eigenvalue weighted by molar-refractivity contribution is 0.00578. The molecule has 0 N–H and O–H groups in total. The van der Waals surface area contributed by atoms with Crippen molar-refractivity contribution < 1.29 is 9.31 Å². The predicted molar refractivity (Wildman–Crippen MR) is 534 cm³/mol. The number of halogens is 1. The number of fused-ring (bicyclic) bond motifs is 18. The molecule has 1 saturated heterocycles. The molecule has 6 nitrogen and oxygen atoms in total. The fraction of sp³-hybridized carbons (Fsp3) is 0.0526. The van der Waals surface area contributed by atoms with Crippen molar-refractivity contribution in [3.8, 4) is 55.6 Å². The summed E-state index contributed by atoms with van der Waals surface area (Å²) in [6.45, 7) is 8.40. The van der Waals surface area contributed by atoms with Gasteiger partial charge in [-0.05, 0) is 216 Å². The van der Waals surface area contributed by atoms with E-state index < -0.39 is 0 Å². The zero-order chi connectivity index (χ0) is 82.9. The Labute approximate surface area is 735 Å². The molecule has 0 aliphatic carbocycles. The number of anilines is 6. The van der Waals surface area contributed by atoms with Crippen LogP contribution in [0.4, 0.5) is 34.1 Å². The van der Waals surface area contributed by atoms with Gasteiger partial charge in [-0.15, -0.1) is 22.7 Å². The Balaban J connectivity index is 0.000000118. The minimum atomic E-state index is -0.376. The highest BCUT2D eigenvalue weighted by Crippen LogP contribution is 2.48. The molecule has 590 valence electrons. The van der Waals surface area contributed by atoms with Gasteiger partial charge in [-0.1, -0.05) is 301 Å². The largest absolute Gasteiger partial charge is 0.494 e. The summed E-state index contributed by atoms with van der Waals surface area (Å²) in [5.74, 6) is 0. The van der Waals surface area contributed by atoms with Crippen LogP contribution in [0.1, 0.15) is 27.7 Å². The van der Waals surface area contributed by atoms with Gasteiger partial charge in [-0.25, -0.2) is 0 Å². The summed E-state index contributed by atoms with van der Waals surface area (Å²) in [5.41, 5.74) is 26.9. The van der Waals surface area contributed by atoms with Crippen LogP contribution in [-0.4, -0.2) is 27.1 Å². The van der Waals surface area contributed by atoms with Crippen LogP contribution in [0.5, 0.6) is 0 Å². The van der Waals surface area contributed by atoms with E-state index in [9.17, 15) is 0 Å². The van der Waals surface area contributed by atoms with E-state index in [4.69, 9.17) is 9.31 Å². The summed E-state index contributed by atoms with van der Waals surface area (Å²) in [6.07, 6.45) is 0. The molecule has 25 rings (SSSR count). The van der Waals surface area contributed by atoms with Crippen LogP contribution < -0.4 is 15.3 Å². The van der Waals surface area contributed by atoms with Gasteiger partial charge in [-0.2, -0.15) is 0 Å². The molecule has 18 aromatic carbocycles. The van der Waals surface area contributed by atoms with E-state index in [1.165, 1.54) is 172 Å². The Kier molecular flexibility index (Phi) is 18.3. The lowest BCUT2D eigenvalue weighted by Gasteiger charge is -2.32. The molecule has 10 heteroatoms. The number of benzene rings is 18. The van der Waals surface area contributed by atoms with Crippen molar-refractivity contribution in [2.75, 3.05) is 9.80 Å². The fourth-order valence-electron chi connectivity index (χ4n) is 18.8. The molecule has 0 saturated carbocycles. The van der Waals surface area contributed by atoms with Crippen molar-refractivity contribution in [3.05, 3.63) is 417 Å². The van der Waals surface area contributed by atoms with Crippen LogP contribution in [0.2, 0.25) is 0 Å². The Morgan fingerprint density at radius 1 is 0.234 bits per heavy atom. The Hall–Kier alpha value is -13.9. The third kappa shape index (κ3) is 13.0. The number of thiophene rings is 2. The van der Waals surface area contributed by atoms with Gasteiger partial charge in [-0.3, -0.25) is 0 Å². The topological polar surface area (TPSA) is 33.8 Å². The van der Waals surface area contributed by atoms with E-state index >= 15 is 0 Å². The SMILES string of the molecule is Brc1ccc2c(c1)c1cccc3c4ccccc4n2c31.CC1(C)OB(c2ccc3c(c2)sc2cc(N(c4ccc(-c5ccccc5)cc4)c4ccc(-c5ccccc5)cc4)ccc23)OC1(C)C.c1ccc(-c2ccc(N(c3ccc(-c4ccccc4)cc3)c3ccc4c(c3)sc3cc(-c5ccc6c(c5)c5cccc7c8ccccc8n6c75)ccc34)cc2)cc1. The summed E-state index contributed by atoms with van der Waals surface area (Å²) in [6, 6.07) is 150. The summed E-state index contributed by atoms with van der Waals surface area (Å²) < 4.78 is 23.8. The maximum atomic E-state index is 6.37. The third-order valence-corrected chi connectivity index (χ3v) is 28.4. The van der Waals surface area contributed by atoms with E-state index in [0.29, 0.717) is 0 Å². The number of hydrogen-bond acceptors (Lipinski definition) is 6. The van der Waals surface area contributed by atoms with E-state index in [2.05, 4.69) is 475 Å². The predicted octanol–water partition coefficient (Wildman–Crippen LogP) is 32.4. The van der Waals surface area contributed by atoms with Crippen molar-refractivity contribution in [2.24, 2.45) is 0 Å². The summed E-state index contributed by atoms with van der Waals surface area (Å²) in [5, 5.41) is 15.6. The fourth-order valence-corrected chi connectivity index (χ4v) is 21.5. The molecular formula is C114H80BBrN4O2S2. The molecule has 1 fully saturated rings. The van der Waals surface area contributed by atoms with Crippen molar-refractivity contribution >= 4 is 202 Å². The van der Waals surface area contributed by atoms with E-state index in [0.717, 1.165) is 44.1 Å². The first-order valence-corrected chi connectivity index (χ1v) is 44.8. The molecule has 0 spiro atoms. The molecular weight excluding hydrogens is 1610 g/mol. The van der Waals surface area contributed by atoms with Crippen LogP contribution in [0.15, 0.2) is 417 Å². The molecule has 0 radical (unpaired) electrons. The van der Waals surface area contributed by atoms with Crippen molar-refractivity contribution in [1.82, 2.24) is 8.80 Å². The second-order valence-corrected chi connectivity index (χ2v) is 36.5. The minimum absolute atomic E-state index is 0.371. The van der Waals surface area contributed by atoms with Gasteiger partial charge in [0.1, 0.15) is 0 Å². The van der Waals surface area contributed by atoms with Crippen molar-refractivity contribution in [2.45, 2.75) is 38.9 Å². The molecule has 0 unspecified atom stereocenters. The Morgan fingerprint density at radius 3 is 0.944 bits per heavy atom. The van der Waals surface area contributed by atoms with Gasteiger partial charge >= 0.3 is 7.12 Å². The van der Waals surface area contributed by atoms with Gasteiger partial charge in [0.05, 0.1) is 44.3 Å². The second kappa shape index (κ2) is 30.3. The highest BCUT2D eigenvalue weighted by atomic mass is 79.9. The number of nitrogens with zero attached hydrogens (tertiary/aromatic N) is 4. The van der Waals surface area contributed by atoms with Crippen molar-refractivity contribution in [3.63, 3.8) is 0 Å². The van der Waals surface area contributed by atoms with Gasteiger partial charge in [0, 0.05) is 122 Å². The minimum Gasteiger partial charge on any atom is -0.399 e. The summed E-state index contributed by atoms with van der Waals surface area (Å²) in [7, 11) is -0.376. The standard InChI is InChI=1S/C54H34N2S.C42H36BNO2S.C18H10BrN/c1-3-10-35(11-4-1)37-18-24-41(25-19-37)55(42-26-20-38(21-27-42)36-12-5-2-6-13-36)43-28-30-46-45-29-22-40(33-52(45)57-53(46)34-43)39-23-31-51-49(32-39)48-16-9-15-47-44-14-7-8-17-50(44)56(51)54(47)48;1-41(2)42(3,4)46-43(45-41)33-19-25-37-38-26-24-36(28-40(38)47-39(37)27-33)44(34-20-15-31(16-21-34)29-11-7-5-8-12-29)35-22-17-32(18-23-35)30-13-9-6-10-14-30;19-11-8-9-17-15(10-11)14-6-3-5-13-12-4-1-2-7-16(12)20(17)18(13)14/h1-34H;5-28H,1-4H3;1-10H. The maximum Gasteiger partial charge on any atom is 0.494 e. The van der Waals surface area contributed by atoms with Gasteiger partial charge in [0.15, 0.2) is 0 Å². The van der Waals surface area contributed by atoms with Gasteiger partial charge < -0.3 is 27.9 Å². The van der Waals surface area contributed by atoms with Crippen LogP contribution >= 0.6 is 38.6 Å². The number of rotatable bonds is 12. The third-order valence-electron chi connectivity index (χ3n) is 25.7. The normalized spacial score (nSPS) is 13.2. The molecule has 24 aromatic rings. The van der Waals surface area contributed by atoms with Crippen molar-refractivity contribution in [1.29, 1.82) is 0 Å². The first-order chi connectivity index (χ1) is 60.8. The monoisotopic (exact) mass is 1690 g/mol. The first-order valence-electron chi connectivity index (χ1n) is 42.4. The summed E-state index contributed by atoms with van der Waals surface area (Å²) in [4.78, 5) is 4.73. The van der Waals surface area contributed by atoms with E-state index in [-0.39, 0.29) is 18.3 Å². The molecule has 1 aliphatic heterocycles. The van der Waals surface area contributed by atoms with E-state index in [1.807, 2.05) is 22.7 Å². The molecule has 0 bridgehead atoms. The quantitative estimate of drug-likeness (QED) is 0.114. The summed E-state index contributed by atoms with van der Waals surface area (Å²) >= 11 is 7.28. The highest BCUT2D eigenvalue weighted by molar-refractivity contribution is 9.10. The maximum absolute atomic E-state index is 6.37. The zero-order valence-electron chi connectivity index (χ0n) is 68.6. The number of para-hydroxylation sites is 4. The van der Waals surface area contributed by atoms with Crippen LogP contribution in [0.3, 0.4) is 0 Å². The average molecular weight is 1690 g/mol. The van der Waals surface area contributed by atoms with E-state index in [1.54, 1.807) is 0 Å². The lowest BCUT2D eigenvalue weighted by atomic mass is 9.79. The van der Waals surface area contributed by atoms with Crippen LogP contribution in [0.25, 0.3) is 172 Å². The zero-order valence-corrected chi connectivity index (χ0v) is 71.9. The van der Waals surface area contributed by atoms with Crippen LogP contribution in [0, 0.1) is 0 Å².